The molecule has 2 heteroatoms. The Hall–Kier alpha value is -1.28. The number of aromatic amines is 1. The van der Waals surface area contributed by atoms with Crippen LogP contribution in [-0.4, -0.2) is 18.2 Å². The van der Waals surface area contributed by atoms with E-state index < -0.39 is 0 Å². The topological polar surface area (TPSA) is 25.0 Å². The second kappa shape index (κ2) is 5.79. The van der Waals surface area contributed by atoms with Crippen molar-refractivity contribution in [1.82, 2.24) is 4.98 Å². The van der Waals surface area contributed by atoms with E-state index in [-0.39, 0.29) is 5.41 Å². The predicted octanol–water partition coefficient (Wildman–Crippen LogP) is 4.43. The standard InChI is InChI=1S/C17H25NO/c1-5-17(3,4)14-7-8-15-13(9-10-19-6-2)12-18-16(15)11-14/h7-8,11-12,18H,5-6,9-10H2,1-4H3. The molecule has 0 aliphatic rings. The van der Waals surface area contributed by atoms with Gasteiger partial charge in [0.15, 0.2) is 0 Å². The molecule has 0 amide bonds. The molecule has 0 unspecified atom stereocenters. The van der Waals surface area contributed by atoms with Crippen molar-refractivity contribution in [3.05, 3.63) is 35.5 Å². The summed E-state index contributed by atoms with van der Waals surface area (Å²) in [5.74, 6) is 0. The molecule has 0 bridgehead atoms. The van der Waals surface area contributed by atoms with Crippen LogP contribution in [0.15, 0.2) is 24.4 Å². The lowest BCUT2D eigenvalue weighted by molar-refractivity contribution is 0.151. The first-order valence-corrected chi connectivity index (χ1v) is 7.26. The van der Waals surface area contributed by atoms with Crippen LogP contribution in [0, 0.1) is 0 Å². The molecule has 0 aliphatic heterocycles. The van der Waals surface area contributed by atoms with E-state index in [1.165, 1.54) is 22.0 Å². The molecule has 0 saturated carbocycles. The number of aromatic nitrogens is 1. The fraction of sp³-hybridized carbons (Fsp3) is 0.529. The van der Waals surface area contributed by atoms with E-state index in [1.54, 1.807) is 0 Å². The third kappa shape index (κ3) is 3.01. The van der Waals surface area contributed by atoms with Crippen molar-refractivity contribution in [2.24, 2.45) is 0 Å². The van der Waals surface area contributed by atoms with E-state index in [0.717, 1.165) is 26.1 Å². The minimum absolute atomic E-state index is 0.241. The maximum absolute atomic E-state index is 5.44. The molecule has 2 nitrogen and oxygen atoms in total. The highest BCUT2D eigenvalue weighted by Gasteiger charge is 2.18. The van der Waals surface area contributed by atoms with Crippen molar-refractivity contribution in [3.8, 4) is 0 Å². The first kappa shape index (κ1) is 14.1. The van der Waals surface area contributed by atoms with E-state index in [4.69, 9.17) is 4.74 Å². The maximum Gasteiger partial charge on any atom is 0.0507 e. The largest absolute Gasteiger partial charge is 0.381 e. The number of hydrogen-bond donors (Lipinski definition) is 1. The van der Waals surface area contributed by atoms with Crippen LogP contribution in [0.2, 0.25) is 0 Å². The monoisotopic (exact) mass is 259 g/mol. The third-order valence-corrected chi connectivity index (χ3v) is 4.15. The molecule has 104 valence electrons. The average molecular weight is 259 g/mol. The van der Waals surface area contributed by atoms with Crippen molar-refractivity contribution >= 4 is 10.9 Å². The molecule has 2 aromatic rings. The number of ether oxygens (including phenoxy) is 1. The maximum atomic E-state index is 5.44. The lowest BCUT2D eigenvalue weighted by atomic mass is 9.82. The molecule has 0 fully saturated rings. The number of rotatable bonds is 6. The summed E-state index contributed by atoms with van der Waals surface area (Å²) in [5, 5.41) is 1.33. The van der Waals surface area contributed by atoms with Gasteiger partial charge in [-0.3, -0.25) is 0 Å². The van der Waals surface area contributed by atoms with Gasteiger partial charge in [-0.25, -0.2) is 0 Å². The fourth-order valence-corrected chi connectivity index (χ4v) is 2.34. The zero-order valence-corrected chi connectivity index (χ0v) is 12.5. The third-order valence-electron chi connectivity index (χ3n) is 4.15. The summed E-state index contributed by atoms with van der Waals surface area (Å²) in [6.45, 7) is 10.5. The number of benzene rings is 1. The molecule has 0 saturated heterocycles. The number of fused-ring (bicyclic) bond motifs is 1. The van der Waals surface area contributed by atoms with E-state index in [1.807, 2.05) is 6.92 Å². The quantitative estimate of drug-likeness (QED) is 0.762. The van der Waals surface area contributed by atoms with Gasteiger partial charge in [-0.15, -0.1) is 0 Å². The molecule has 0 atom stereocenters. The highest BCUT2D eigenvalue weighted by atomic mass is 16.5. The van der Waals surface area contributed by atoms with E-state index >= 15 is 0 Å². The van der Waals surface area contributed by atoms with Crippen LogP contribution in [0.4, 0.5) is 0 Å². The Morgan fingerprint density at radius 1 is 1.21 bits per heavy atom. The van der Waals surface area contributed by atoms with Crippen molar-refractivity contribution < 1.29 is 4.74 Å². The van der Waals surface area contributed by atoms with Gasteiger partial charge in [-0.1, -0.05) is 32.9 Å². The molecule has 1 N–H and O–H groups in total. The van der Waals surface area contributed by atoms with Crippen molar-refractivity contribution in [2.75, 3.05) is 13.2 Å². The van der Waals surface area contributed by atoms with Gasteiger partial charge < -0.3 is 9.72 Å². The minimum Gasteiger partial charge on any atom is -0.381 e. The predicted molar refractivity (Wildman–Crippen MR) is 81.8 cm³/mol. The summed E-state index contributed by atoms with van der Waals surface area (Å²) in [6.07, 6.45) is 4.24. The van der Waals surface area contributed by atoms with Gasteiger partial charge in [0.25, 0.3) is 0 Å². The molecule has 1 aromatic heterocycles. The van der Waals surface area contributed by atoms with Crippen molar-refractivity contribution in [1.29, 1.82) is 0 Å². The Bertz CT molecular complexity index is 539. The van der Waals surface area contributed by atoms with Crippen molar-refractivity contribution in [2.45, 2.75) is 46.0 Å². The Balaban J connectivity index is 2.26. The summed E-state index contributed by atoms with van der Waals surface area (Å²) in [7, 11) is 0. The second-order valence-electron chi connectivity index (χ2n) is 5.76. The van der Waals surface area contributed by atoms with Gasteiger partial charge in [-0.2, -0.15) is 0 Å². The minimum atomic E-state index is 0.241. The van der Waals surface area contributed by atoms with Gasteiger partial charge >= 0.3 is 0 Å². The van der Waals surface area contributed by atoms with Gasteiger partial charge in [0, 0.05) is 23.7 Å². The van der Waals surface area contributed by atoms with Crippen LogP contribution >= 0.6 is 0 Å². The molecule has 2 rings (SSSR count). The first-order chi connectivity index (χ1) is 9.08. The molecule has 0 aliphatic carbocycles. The van der Waals surface area contributed by atoms with Crippen LogP contribution in [0.5, 0.6) is 0 Å². The van der Waals surface area contributed by atoms with E-state index in [0.29, 0.717) is 0 Å². The lowest BCUT2D eigenvalue weighted by Gasteiger charge is -2.23. The average Bonchev–Trinajstić information content (AvgIpc) is 2.82. The van der Waals surface area contributed by atoms with Crippen LogP contribution in [0.3, 0.4) is 0 Å². The summed E-state index contributed by atoms with van der Waals surface area (Å²) >= 11 is 0. The lowest BCUT2D eigenvalue weighted by Crippen LogP contribution is -2.15. The zero-order valence-electron chi connectivity index (χ0n) is 12.5. The van der Waals surface area contributed by atoms with Crippen LogP contribution in [0.25, 0.3) is 10.9 Å². The van der Waals surface area contributed by atoms with Gasteiger partial charge in [0.05, 0.1) is 6.61 Å². The van der Waals surface area contributed by atoms with Crippen LogP contribution in [-0.2, 0) is 16.6 Å². The normalized spacial score (nSPS) is 12.2. The summed E-state index contributed by atoms with van der Waals surface area (Å²) in [5.41, 5.74) is 4.24. The Kier molecular flexibility index (Phi) is 4.31. The molecular formula is C17H25NO. The molecule has 19 heavy (non-hydrogen) atoms. The van der Waals surface area contributed by atoms with Gasteiger partial charge in [-0.05, 0) is 42.4 Å². The number of H-pyrrole nitrogens is 1. The zero-order chi connectivity index (χ0) is 13.9. The van der Waals surface area contributed by atoms with Crippen molar-refractivity contribution in [3.63, 3.8) is 0 Å². The van der Waals surface area contributed by atoms with E-state index in [2.05, 4.69) is 50.2 Å². The van der Waals surface area contributed by atoms with E-state index in [9.17, 15) is 0 Å². The smallest absolute Gasteiger partial charge is 0.0507 e. The van der Waals surface area contributed by atoms with Gasteiger partial charge in [0.1, 0.15) is 0 Å². The Labute approximate surface area is 116 Å². The fourth-order valence-electron chi connectivity index (χ4n) is 2.34. The van der Waals surface area contributed by atoms with Gasteiger partial charge in [0.2, 0.25) is 0 Å². The Morgan fingerprint density at radius 2 is 2.00 bits per heavy atom. The first-order valence-electron chi connectivity index (χ1n) is 7.26. The second-order valence-corrected chi connectivity index (χ2v) is 5.76. The molecule has 0 spiro atoms. The molecule has 1 aromatic carbocycles. The Morgan fingerprint density at radius 3 is 2.68 bits per heavy atom. The highest BCUT2D eigenvalue weighted by Crippen LogP contribution is 2.30. The molecular weight excluding hydrogens is 234 g/mol. The number of nitrogens with one attached hydrogen (secondary N) is 1. The number of hydrogen-bond acceptors (Lipinski definition) is 1. The summed E-state index contributed by atoms with van der Waals surface area (Å²) < 4.78 is 5.44. The molecule has 0 radical (unpaired) electrons. The summed E-state index contributed by atoms with van der Waals surface area (Å²) in [4.78, 5) is 3.40. The van der Waals surface area contributed by atoms with Crippen LogP contribution < -0.4 is 0 Å². The molecule has 1 heterocycles. The highest BCUT2D eigenvalue weighted by molar-refractivity contribution is 5.84. The SMILES string of the molecule is CCOCCc1c[nH]c2cc(C(C)(C)CC)ccc12. The van der Waals surface area contributed by atoms with Crippen LogP contribution in [0.1, 0.15) is 45.2 Å². The summed E-state index contributed by atoms with van der Waals surface area (Å²) in [6, 6.07) is 6.81.